The van der Waals surface area contributed by atoms with E-state index < -0.39 is 23.2 Å². The highest BCUT2D eigenvalue weighted by Gasteiger charge is 2.48. The highest BCUT2D eigenvalue weighted by Crippen LogP contribution is 2.40. The molecule has 0 aromatic heterocycles. The number of rotatable bonds is 2. The van der Waals surface area contributed by atoms with Crippen molar-refractivity contribution >= 4 is 29.2 Å². The molecule has 0 fully saturated rings. The standard InChI is InChI=1S/C9H8Cl2F2O2/c1-15-7(14)6-3-2-5(10)4-9(6,11)8(12)13/h2-4,6,8H,1H3. The van der Waals surface area contributed by atoms with Gasteiger partial charge in [-0.05, 0) is 12.2 Å². The van der Waals surface area contributed by atoms with E-state index in [2.05, 4.69) is 4.74 Å². The van der Waals surface area contributed by atoms with Gasteiger partial charge in [-0.3, -0.25) is 4.79 Å². The van der Waals surface area contributed by atoms with Gasteiger partial charge in [0.15, 0.2) is 0 Å². The molecule has 2 nitrogen and oxygen atoms in total. The first kappa shape index (κ1) is 12.5. The number of esters is 1. The van der Waals surface area contributed by atoms with Crippen LogP contribution in [0, 0.1) is 5.92 Å². The second kappa shape index (κ2) is 4.49. The van der Waals surface area contributed by atoms with E-state index in [0.29, 0.717) is 0 Å². The van der Waals surface area contributed by atoms with Crippen LogP contribution in [-0.2, 0) is 9.53 Å². The lowest BCUT2D eigenvalue weighted by atomic mass is 9.87. The minimum atomic E-state index is -2.91. The zero-order valence-corrected chi connectivity index (χ0v) is 9.23. The third-order valence-electron chi connectivity index (χ3n) is 2.07. The van der Waals surface area contributed by atoms with Crippen LogP contribution < -0.4 is 0 Å². The summed E-state index contributed by atoms with van der Waals surface area (Å²) < 4.78 is 29.9. The molecule has 0 saturated carbocycles. The quantitative estimate of drug-likeness (QED) is 0.561. The molecular weight excluding hydrogens is 249 g/mol. The zero-order valence-electron chi connectivity index (χ0n) is 7.72. The summed E-state index contributed by atoms with van der Waals surface area (Å²) in [5.74, 6) is -2.05. The van der Waals surface area contributed by atoms with Gasteiger partial charge in [0.05, 0.1) is 7.11 Å². The van der Waals surface area contributed by atoms with Crippen molar-refractivity contribution in [3.8, 4) is 0 Å². The smallest absolute Gasteiger partial charge is 0.314 e. The summed E-state index contributed by atoms with van der Waals surface area (Å²) in [6.07, 6.45) is 0.601. The Labute approximate surface area is 95.5 Å². The first-order valence-corrected chi connectivity index (χ1v) is 4.79. The summed E-state index contributed by atoms with van der Waals surface area (Å²) in [5.41, 5.74) is 0. The van der Waals surface area contributed by atoms with Crippen molar-refractivity contribution in [2.45, 2.75) is 11.3 Å². The number of allylic oxidation sites excluding steroid dienone is 3. The van der Waals surface area contributed by atoms with E-state index in [1.54, 1.807) is 0 Å². The summed E-state index contributed by atoms with van der Waals surface area (Å²) in [4.78, 5) is 9.10. The Morgan fingerprint density at radius 2 is 2.27 bits per heavy atom. The molecule has 0 radical (unpaired) electrons. The Morgan fingerprint density at radius 1 is 1.67 bits per heavy atom. The fraction of sp³-hybridized carbons (Fsp3) is 0.444. The fourth-order valence-electron chi connectivity index (χ4n) is 1.27. The third-order valence-corrected chi connectivity index (χ3v) is 2.82. The largest absolute Gasteiger partial charge is 0.469 e. The average molecular weight is 257 g/mol. The van der Waals surface area contributed by atoms with Crippen molar-refractivity contribution in [1.29, 1.82) is 0 Å². The van der Waals surface area contributed by atoms with Crippen molar-refractivity contribution in [2.75, 3.05) is 7.11 Å². The van der Waals surface area contributed by atoms with Gasteiger partial charge in [0, 0.05) is 5.03 Å². The van der Waals surface area contributed by atoms with E-state index in [-0.39, 0.29) is 5.03 Å². The Hall–Kier alpha value is -0.610. The van der Waals surface area contributed by atoms with E-state index in [4.69, 9.17) is 23.2 Å². The van der Waals surface area contributed by atoms with Crippen LogP contribution in [0.3, 0.4) is 0 Å². The van der Waals surface area contributed by atoms with Crippen LogP contribution >= 0.6 is 23.2 Å². The van der Waals surface area contributed by atoms with Crippen LogP contribution in [0.25, 0.3) is 0 Å². The molecule has 1 aliphatic rings. The molecule has 0 spiro atoms. The molecule has 0 amide bonds. The summed E-state index contributed by atoms with van der Waals surface area (Å²) in [5, 5.41) is 0.0745. The van der Waals surface area contributed by atoms with Crippen LogP contribution in [0.15, 0.2) is 23.3 Å². The van der Waals surface area contributed by atoms with Crippen molar-refractivity contribution in [1.82, 2.24) is 0 Å². The van der Waals surface area contributed by atoms with Crippen LogP contribution in [0.2, 0.25) is 0 Å². The van der Waals surface area contributed by atoms with Gasteiger partial charge in [-0.1, -0.05) is 17.7 Å². The number of halogens is 4. The van der Waals surface area contributed by atoms with Crippen molar-refractivity contribution in [2.24, 2.45) is 5.92 Å². The van der Waals surface area contributed by atoms with Crippen molar-refractivity contribution in [3.63, 3.8) is 0 Å². The van der Waals surface area contributed by atoms with Crippen molar-refractivity contribution < 1.29 is 18.3 Å². The maximum absolute atomic E-state index is 12.7. The number of alkyl halides is 3. The normalized spacial score (nSPS) is 30.3. The second-order valence-electron chi connectivity index (χ2n) is 3.02. The van der Waals surface area contributed by atoms with E-state index in [1.165, 1.54) is 12.2 Å². The predicted molar refractivity (Wildman–Crippen MR) is 53.2 cm³/mol. The minimum Gasteiger partial charge on any atom is -0.469 e. The molecule has 6 heteroatoms. The summed E-state index contributed by atoms with van der Waals surface area (Å²) in [6, 6.07) is 0. The molecule has 1 aliphatic carbocycles. The van der Waals surface area contributed by atoms with Gasteiger partial charge >= 0.3 is 5.97 Å². The number of carbonyl (C=O) groups is 1. The summed E-state index contributed by atoms with van der Waals surface area (Å²) >= 11 is 11.2. The van der Waals surface area contributed by atoms with Gasteiger partial charge < -0.3 is 4.74 Å². The molecular formula is C9H8Cl2F2O2. The molecule has 0 saturated heterocycles. The lowest BCUT2D eigenvalue weighted by Crippen LogP contribution is -2.42. The maximum atomic E-state index is 12.7. The van der Waals surface area contributed by atoms with Gasteiger partial charge in [0.1, 0.15) is 10.8 Å². The summed E-state index contributed by atoms with van der Waals surface area (Å²) in [6.45, 7) is 0. The lowest BCUT2D eigenvalue weighted by molar-refractivity contribution is -0.145. The number of ether oxygens (including phenoxy) is 1. The predicted octanol–water partition coefficient (Wildman–Crippen LogP) is 2.71. The number of methoxy groups -OCH3 is 1. The molecule has 2 unspecified atom stereocenters. The highest BCUT2D eigenvalue weighted by atomic mass is 35.5. The molecule has 0 aliphatic heterocycles. The topological polar surface area (TPSA) is 26.3 Å². The molecule has 2 atom stereocenters. The molecule has 15 heavy (non-hydrogen) atoms. The van der Waals surface area contributed by atoms with Gasteiger partial charge in [-0.25, -0.2) is 8.78 Å². The molecule has 1 rings (SSSR count). The molecule has 84 valence electrons. The average Bonchev–Trinajstić information content (AvgIpc) is 2.16. The first-order chi connectivity index (χ1) is 6.91. The minimum absolute atomic E-state index is 0.0745. The van der Waals surface area contributed by atoms with Gasteiger partial charge in [0.2, 0.25) is 0 Å². The van der Waals surface area contributed by atoms with Crippen molar-refractivity contribution in [3.05, 3.63) is 23.3 Å². The maximum Gasteiger partial charge on any atom is 0.314 e. The molecule has 0 heterocycles. The number of hydrogen-bond donors (Lipinski definition) is 0. The third kappa shape index (κ3) is 2.32. The van der Waals surface area contributed by atoms with E-state index in [1.807, 2.05) is 0 Å². The first-order valence-electron chi connectivity index (χ1n) is 4.03. The SMILES string of the molecule is COC(=O)C1C=CC(Cl)=CC1(Cl)C(F)F. The van der Waals surface area contributed by atoms with Crippen LogP contribution in [0.4, 0.5) is 8.78 Å². The lowest BCUT2D eigenvalue weighted by Gasteiger charge is -2.30. The van der Waals surface area contributed by atoms with Gasteiger partial charge in [-0.15, -0.1) is 11.6 Å². The molecule has 0 N–H and O–H groups in total. The molecule has 0 bridgehead atoms. The van der Waals surface area contributed by atoms with E-state index in [9.17, 15) is 13.6 Å². The fourth-order valence-corrected chi connectivity index (χ4v) is 1.86. The van der Waals surface area contributed by atoms with Crippen LogP contribution in [-0.4, -0.2) is 24.4 Å². The highest BCUT2D eigenvalue weighted by molar-refractivity contribution is 6.34. The molecule has 0 aromatic rings. The monoisotopic (exact) mass is 256 g/mol. The van der Waals surface area contributed by atoms with Crippen LogP contribution in [0.1, 0.15) is 0 Å². The summed E-state index contributed by atoms with van der Waals surface area (Å²) in [7, 11) is 1.11. The zero-order chi connectivity index (χ0) is 11.6. The second-order valence-corrected chi connectivity index (χ2v) is 4.11. The Balaban J connectivity index is 3.08. The van der Waals surface area contributed by atoms with Crippen LogP contribution in [0.5, 0.6) is 0 Å². The number of carbonyl (C=O) groups excluding carboxylic acids is 1. The van der Waals surface area contributed by atoms with Gasteiger partial charge in [-0.2, -0.15) is 0 Å². The van der Waals surface area contributed by atoms with E-state index >= 15 is 0 Å². The molecule has 0 aromatic carbocycles. The Bertz CT molecular complexity index is 328. The van der Waals surface area contributed by atoms with E-state index in [0.717, 1.165) is 13.2 Å². The van der Waals surface area contributed by atoms with Gasteiger partial charge in [0.25, 0.3) is 6.43 Å². The Kier molecular flexibility index (Phi) is 3.73. The Morgan fingerprint density at radius 3 is 2.73 bits per heavy atom. The number of hydrogen-bond acceptors (Lipinski definition) is 2.